The molecule has 0 saturated carbocycles. The van der Waals surface area contributed by atoms with Gasteiger partial charge in [0.25, 0.3) is 11.8 Å². The first kappa shape index (κ1) is 14.6. The van der Waals surface area contributed by atoms with Crippen LogP contribution in [-0.2, 0) is 4.79 Å². The van der Waals surface area contributed by atoms with Crippen molar-refractivity contribution in [2.24, 2.45) is 0 Å². The average Bonchev–Trinajstić information content (AvgIpc) is 3.25. The van der Waals surface area contributed by atoms with Gasteiger partial charge in [-0.3, -0.25) is 9.59 Å². The molecule has 2 aliphatic heterocycles. The molecule has 2 amide bonds. The lowest BCUT2D eigenvalue weighted by Gasteiger charge is -2.20. The Morgan fingerprint density at radius 2 is 1.82 bits per heavy atom. The second-order valence-electron chi connectivity index (χ2n) is 5.80. The minimum atomic E-state index is -0.977. The van der Waals surface area contributed by atoms with Gasteiger partial charge < -0.3 is 19.9 Å². The number of H-pyrrole nitrogens is 1. The van der Waals surface area contributed by atoms with E-state index in [1.54, 1.807) is 4.90 Å². The van der Waals surface area contributed by atoms with E-state index in [0.717, 1.165) is 25.9 Å². The van der Waals surface area contributed by atoms with Gasteiger partial charge >= 0.3 is 5.97 Å². The summed E-state index contributed by atoms with van der Waals surface area (Å²) in [5, 5.41) is 9.15. The van der Waals surface area contributed by atoms with Crippen LogP contribution in [0.2, 0.25) is 0 Å². The summed E-state index contributed by atoms with van der Waals surface area (Å²) in [5.41, 5.74) is 0.729. The number of nitrogens with zero attached hydrogens (tertiary/aromatic N) is 2. The highest BCUT2D eigenvalue weighted by Crippen LogP contribution is 2.21. The van der Waals surface area contributed by atoms with Gasteiger partial charge in [0.05, 0.1) is 5.56 Å². The van der Waals surface area contributed by atoms with Crippen LogP contribution in [0.1, 0.15) is 46.5 Å². The summed E-state index contributed by atoms with van der Waals surface area (Å²) in [5.74, 6) is -1.41. The standard InChI is InChI=1S/C15H19N3O4/c19-13(18-7-3-4-12(18)15(21)22)10-8-11(16-9-10)14(20)17-5-1-2-6-17/h8-9,12,16H,1-7H2,(H,21,22). The quantitative estimate of drug-likeness (QED) is 0.869. The molecule has 1 aromatic heterocycles. The number of rotatable bonds is 3. The molecule has 3 rings (SSSR count). The molecule has 0 bridgehead atoms. The van der Waals surface area contributed by atoms with Crippen molar-refractivity contribution in [3.8, 4) is 0 Å². The Kier molecular flexibility index (Phi) is 3.87. The predicted octanol–water partition coefficient (Wildman–Crippen LogP) is 0.940. The summed E-state index contributed by atoms with van der Waals surface area (Å²) in [4.78, 5) is 41.8. The number of amides is 2. The summed E-state index contributed by atoms with van der Waals surface area (Å²) in [7, 11) is 0. The fraction of sp³-hybridized carbons (Fsp3) is 0.533. The predicted molar refractivity (Wildman–Crippen MR) is 77.6 cm³/mol. The molecule has 7 heteroatoms. The highest BCUT2D eigenvalue weighted by molar-refractivity contribution is 6.00. The van der Waals surface area contributed by atoms with E-state index in [2.05, 4.69) is 4.98 Å². The van der Waals surface area contributed by atoms with Gasteiger partial charge in [-0.1, -0.05) is 0 Å². The smallest absolute Gasteiger partial charge is 0.326 e. The molecule has 2 fully saturated rings. The van der Waals surface area contributed by atoms with E-state index < -0.39 is 12.0 Å². The van der Waals surface area contributed by atoms with Crippen molar-refractivity contribution in [3.05, 3.63) is 23.5 Å². The van der Waals surface area contributed by atoms with Crippen LogP contribution in [0.4, 0.5) is 0 Å². The lowest BCUT2D eigenvalue weighted by atomic mass is 10.2. The number of carboxylic acid groups (broad SMARTS) is 1. The van der Waals surface area contributed by atoms with Crippen LogP contribution in [0.15, 0.2) is 12.3 Å². The number of likely N-dealkylation sites (tertiary alicyclic amines) is 2. The summed E-state index contributed by atoms with van der Waals surface area (Å²) in [6.07, 6.45) is 4.67. The Hall–Kier alpha value is -2.31. The summed E-state index contributed by atoms with van der Waals surface area (Å²) in [6, 6.07) is 0.764. The topological polar surface area (TPSA) is 93.7 Å². The average molecular weight is 305 g/mol. The molecule has 0 radical (unpaired) electrons. The number of aromatic amines is 1. The lowest BCUT2D eigenvalue weighted by Crippen LogP contribution is -2.40. The van der Waals surface area contributed by atoms with Crippen molar-refractivity contribution in [1.82, 2.24) is 14.8 Å². The van der Waals surface area contributed by atoms with Crippen molar-refractivity contribution >= 4 is 17.8 Å². The molecule has 1 aromatic rings. The van der Waals surface area contributed by atoms with E-state index in [-0.39, 0.29) is 11.8 Å². The first-order valence-electron chi connectivity index (χ1n) is 7.59. The first-order chi connectivity index (χ1) is 10.6. The van der Waals surface area contributed by atoms with Crippen molar-refractivity contribution in [2.45, 2.75) is 31.7 Å². The lowest BCUT2D eigenvalue weighted by molar-refractivity contribution is -0.141. The Morgan fingerprint density at radius 3 is 2.50 bits per heavy atom. The summed E-state index contributed by atoms with van der Waals surface area (Å²) in [6.45, 7) is 1.93. The minimum absolute atomic E-state index is 0.104. The maximum Gasteiger partial charge on any atom is 0.326 e. The Balaban J connectivity index is 1.74. The number of hydrogen-bond acceptors (Lipinski definition) is 3. The third-order valence-corrected chi connectivity index (χ3v) is 4.35. The van der Waals surface area contributed by atoms with Crippen LogP contribution >= 0.6 is 0 Å². The highest BCUT2D eigenvalue weighted by atomic mass is 16.4. The fourth-order valence-corrected chi connectivity index (χ4v) is 3.16. The highest BCUT2D eigenvalue weighted by Gasteiger charge is 2.35. The Morgan fingerprint density at radius 1 is 1.09 bits per heavy atom. The third-order valence-electron chi connectivity index (χ3n) is 4.35. The van der Waals surface area contributed by atoms with Crippen molar-refractivity contribution in [1.29, 1.82) is 0 Å². The van der Waals surface area contributed by atoms with E-state index in [1.807, 2.05) is 0 Å². The first-order valence-corrected chi connectivity index (χ1v) is 7.59. The van der Waals surface area contributed by atoms with Gasteiger partial charge in [-0.2, -0.15) is 0 Å². The molecular formula is C15H19N3O4. The van der Waals surface area contributed by atoms with Gasteiger partial charge in [0.1, 0.15) is 11.7 Å². The van der Waals surface area contributed by atoms with Gasteiger partial charge in [-0.25, -0.2) is 4.79 Å². The maximum absolute atomic E-state index is 12.4. The molecule has 7 nitrogen and oxygen atoms in total. The Bertz CT molecular complexity index is 604. The number of carbonyl (C=O) groups is 3. The normalized spacial score (nSPS) is 21.4. The van der Waals surface area contributed by atoms with E-state index in [4.69, 9.17) is 5.11 Å². The van der Waals surface area contributed by atoms with E-state index in [1.165, 1.54) is 17.2 Å². The number of carbonyl (C=O) groups excluding carboxylic acids is 2. The molecule has 0 spiro atoms. The van der Waals surface area contributed by atoms with Crippen molar-refractivity contribution in [3.63, 3.8) is 0 Å². The molecule has 2 saturated heterocycles. The minimum Gasteiger partial charge on any atom is -0.480 e. The second-order valence-corrected chi connectivity index (χ2v) is 5.80. The number of hydrogen-bond donors (Lipinski definition) is 2. The molecule has 118 valence electrons. The van der Waals surface area contributed by atoms with E-state index in [9.17, 15) is 14.4 Å². The SMILES string of the molecule is O=C(O)C1CCCN1C(=O)c1c[nH]c(C(=O)N2CCCC2)c1. The number of aliphatic carboxylic acids is 1. The molecule has 1 unspecified atom stereocenters. The van der Waals surface area contributed by atoms with E-state index >= 15 is 0 Å². The molecule has 3 heterocycles. The van der Waals surface area contributed by atoms with Crippen molar-refractivity contribution in [2.75, 3.05) is 19.6 Å². The third kappa shape index (κ3) is 2.58. The molecule has 0 aromatic carbocycles. The van der Waals surface area contributed by atoms with Crippen LogP contribution in [0.5, 0.6) is 0 Å². The van der Waals surface area contributed by atoms with Crippen molar-refractivity contribution < 1.29 is 19.5 Å². The molecule has 2 N–H and O–H groups in total. The van der Waals surface area contributed by atoms with Gasteiger partial charge in [0.2, 0.25) is 0 Å². The van der Waals surface area contributed by atoms with Crippen LogP contribution in [0, 0.1) is 0 Å². The number of aromatic nitrogens is 1. The zero-order chi connectivity index (χ0) is 15.7. The van der Waals surface area contributed by atoms with Crippen LogP contribution in [-0.4, -0.2) is 63.4 Å². The van der Waals surface area contributed by atoms with Crippen LogP contribution < -0.4 is 0 Å². The zero-order valence-corrected chi connectivity index (χ0v) is 12.2. The largest absolute Gasteiger partial charge is 0.480 e. The number of carboxylic acids is 1. The van der Waals surface area contributed by atoms with E-state index in [0.29, 0.717) is 30.6 Å². The molecule has 1 atom stereocenters. The van der Waals surface area contributed by atoms with Gasteiger partial charge in [0, 0.05) is 25.8 Å². The monoisotopic (exact) mass is 305 g/mol. The maximum atomic E-state index is 12.4. The molecule has 0 aliphatic carbocycles. The molecule has 2 aliphatic rings. The van der Waals surface area contributed by atoms with Crippen LogP contribution in [0.25, 0.3) is 0 Å². The summed E-state index contributed by atoms with van der Waals surface area (Å²) >= 11 is 0. The molecular weight excluding hydrogens is 286 g/mol. The van der Waals surface area contributed by atoms with Crippen LogP contribution in [0.3, 0.4) is 0 Å². The van der Waals surface area contributed by atoms with Gasteiger partial charge in [-0.15, -0.1) is 0 Å². The van der Waals surface area contributed by atoms with Gasteiger partial charge in [0.15, 0.2) is 0 Å². The second kappa shape index (κ2) is 5.82. The molecule has 22 heavy (non-hydrogen) atoms. The fourth-order valence-electron chi connectivity index (χ4n) is 3.16. The summed E-state index contributed by atoms with van der Waals surface area (Å²) < 4.78 is 0. The van der Waals surface area contributed by atoms with Gasteiger partial charge in [-0.05, 0) is 31.7 Å². The zero-order valence-electron chi connectivity index (χ0n) is 12.2. The number of nitrogens with one attached hydrogen (secondary N) is 1. The Labute approximate surface area is 127 Å².